The van der Waals surface area contributed by atoms with Gasteiger partial charge in [0.15, 0.2) is 11.2 Å². The van der Waals surface area contributed by atoms with E-state index in [-0.39, 0.29) is 28.3 Å². The van der Waals surface area contributed by atoms with Gasteiger partial charge in [-0.1, -0.05) is 18.8 Å². The molecule has 8 heteroatoms. The molecular weight excluding hydrogens is 524 g/mol. The van der Waals surface area contributed by atoms with Gasteiger partial charge in [0.2, 0.25) is 0 Å². The summed E-state index contributed by atoms with van der Waals surface area (Å²) in [5.74, 6) is 6.25. The van der Waals surface area contributed by atoms with Crippen LogP contribution in [-0.4, -0.2) is 44.8 Å². The van der Waals surface area contributed by atoms with Crippen LogP contribution in [0.5, 0.6) is 0 Å². The molecule has 0 heterocycles. The maximum atomic E-state index is 5.65. The van der Waals surface area contributed by atoms with Crippen molar-refractivity contribution in [2.24, 2.45) is 5.92 Å². The minimum atomic E-state index is -0.727. The van der Waals surface area contributed by atoms with Gasteiger partial charge in [0.25, 0.3) is 0 Å². The summed E-state index contributed by atoms with van der Waals surface area (Å²) >= 11 is 0. The normalized spacial score (nSPS) is 15.0. The molecule has 0 aliphatic heterocycles. The van der Waals surface area contributed by atoms with E-state index in [1.54, 1.807) is 0 Å². The van der Waals surface area contributed by atoms with E-state index < -0.39 is 22.4 Å². The molecule has 0 fully saturated rings. The van der Waals surface area contributed by atoms with Crippen LogP contribution in [0.2, 0.25) is 0 Å². The highest BCUT2D eigenvalue weighted by Gasteiger charge is 2.36. The molecule has 0 rings (SSSR count). The molecule has 0 bridgehead atoms. The van der Waals surface area contributed by atoms with Crippen LogP contribution in [0.4, 0.5) is 0 Å². The molecule has 246 valence electrons. The molecule has 1 unspecified atom stereocenters. The van der Waals surface area contributed by atoms with Crippen LogP contribution in [0.1, 0.15) is 152 Å². The molecule has 8 nitrogen and oxygen atoms in total. The Bertz CT molecular complexity index is 770. The van der Waals surface area contributed by atoms with E-state index in [9.17, 15) is 0 Å². The largest absolute Gasteiger partial charge is 0.230 e. The highest BCUT2D eigenvalue weighted by molar-refractivity contribution is 5.17. The highest BCUT2D eigenvalue weighted by Crippen LogP contribution is 2.32. The molecule has 41 heavy (non-hydrogen) atoms. The Kier molecular flexibility index (Phi) is 15.8. The molecule has 0 aromatic rings. The molecule has 0 saturated carbocycles. The van der Waals surface area contributed by atoms with Gasteiger partial charge in [-0.15, -0.1) is 0 Å². The summed E-state index contributed by atoms with van der Waals surface area (Å²) in [6.07, 6.45) is 0.795. The maximum Gasteiger partial charge on any atom is 0.158 e. The SMILES string of the molecule is CC(C)(C)OOC(C)(C)C#CC(C)(C)OOC(C)(C)C.CC(CC(C)(C)OOC(C)(C)C)C(C)(C)OOC(C)(C)C. The zero-order valence-corrected chi connectivity index (χ0v) is 30.6. The topological polar surface area (TPSA) is 73.8 Å². The van der Waals surface area contributed by atoms with Crippen molar-refractivity contribution in [1.29, 1.82) is 0 Å². The Morgan fingerprint density at radius 3 is 0.951 bits per heavy atom. The molecule has 0 spiro atoms. The van der Waals surface area contributed by atoms with E-state index in [4.69, 9.17) is 39.1 Å². The van der Waals surface area contributed by atoms with E-state index in [2.05, 4.69) is 18.8 Å². The first kappa shape index (κ1) is 42.4. The average Bonchev–Trinajstić information content (AvgIpc) is 2.71. The van der Waals surface area contributed by atoms with Crippen LogP contribution in [0.3, 0.4) is 0 Å². The Morgan fingerprint density at radius 1 is 0.390 bits per heavy atom. The van der Waals surface area contributed by atoms with E-state index in [1.807, 2.05) is 138 Å². The standard InChI is InChI=1S/C17H36O4.C16H30O4/c1-13(17(10,11)21-19-15(5,6)7)12-16(8,9)20-18-14(2,3)4;1-13(2,3)17-19-15(7,8)11-12-16(9,10)20-18-14(4,5)6/h13H,12H2,1-11H3;1-10H3. The van der Waals surface area contributed by atoms with Crippen molar-refractivity contribution >= 4 is 0 Å². The van der Waals surface area contributed by atoms with Gasteiger partial charge in [-0.3, -0.25) is 0 Å². The van der Waals surface area contributed by atoms with E-state index in [0.717, 1.165) is 6.42 Å². The van der Waals surface area contributed by atoms with Crippen LogP contribution < -0.4 is 0 Å². The third-order valence-corrected chi connectivity index (χ3v) is 4.67. The van der Waals surface area contributed by atoms with Crippen molar-refractivity contribution in [1.82, 2.24) is 0 Å². The van der Waals surface area contributed by atoms with E-state index >= 15 is 0 Å². The number of hydrogen-bond donors (Lipinski definition) is 0. The van der Waals surface area contributed by atoms with Crippen LogP contribution in [0.15, 0.2) is 0 Å². The minimum absolute atomic E-state index is 0.235. The zero-order valence-electron chi connectivity index (χ0n) is 30.6. The van der Waals surface area contributed by atoms with Crippen molar-refractivity contribution in [3.8, 4) is 11.8 Å². The van der Waals surface area contributed by atoms with Gasteiger partial charge in [-0.2, -0.15) is 0 Å². The molecule has 0 saturated heterocycles. The summed E-state index contributed by atoms with van der Waals surface area (Å²) in [6, 6.07) is 0. The monoisotopic (exact) mass is 590 g/mol. The van der Waals surface area contributed by atoms with Crippen molar-refractivity contribution in [2.45, 2.75) is 197 Å². The van der Waals surface area contributed by atoms with Crippen LogP contribution >= 0.6 is 0 Å². The molecule has 0 aromatic carbocycles. The van der Waals surface area contributed by atoms with E-state index in [0.29, 0.717) is 0 Å². The Balaban J connectivity index is 0. The summed E-state index contributed by atoms with van der Waals surface area (Å²) < 4.78 is 0. The Hall–Kier alpha value is -0.760. The number of hydrogen-bond acceptors (Lipinski definition) is 8. The minimum Gasteiger partial charge on any atom is -0.230 e. The first-order valence-electron chi connectivity index (χ1n) is 14.7. The predicted octanol–water partition coefficient (Wildman–Crippen LogP) is 9.10. The molecule has 0 aliphatic rings. The summed E-state index contributed by atoms with van der Waals surface area (Å²) in [5.41, 5.74) is -3.64. The first-order chi connectivity index (χ1) is 17.7. The summed E-state index contributed by atoms with van der Waals surface area (Å²) in [6.45, 7) is 40.9. The molecule has 0 N–H and O–H groups in total. The zero-order chi connectivity index (χ0) is 33.4. The highest BCUT2D eigenvalue weighted by atomic mass is 17.2. The van der Waals surface area contributed by atoms with Gasteiger partial charge < -0.3 is 0 Å². The lowest BCUT2D eigenvalue weighted by molar-refractivity contribution is -0.417. The second-order valence-electron chi connectivity index (χ2n) is 16.9. The van der Waals surface area contributed by atoms with Crippen molar-refractivity contribution in [2.75, 3.05) is 0 Å². The summed E-state index contributed by atoms with van der Waals surface area (Å²) in [4.78, 5) is 43.5. The lowest BCUT2D eigenvalue weighted by Crippen LogP contribution is -2.41. The van der Waals surface area contributed by atoms with E-state index in [1.165, 1.54) is 0 Å². The predicted molar refractivity (Wildman–Crippen MR) is 166 cm³/mol. The molecule has 0 amide bonds. The summed E-state index contributed by atoms with van der Waals surface area (Å²) in [5, 5.41) is 0. The Morgan fingerprint density at radius 2 is 0.659 bits per heavy atom. The Labute approximate surface area is 253 Å². The molecule has 0 aromatic heterocycles. The second kappa shape index (κ2) is 15.3. The lowest BCUT2D eigenvalue weighted by Gasteiger charge is -2.37. The van der Waals surface area contributed by atoms with Crippen LogP contribution in [0, 0.1) is 17.8 Å². The van der Waals surface area contributed by atoms with Crippen molar-refractivity contribution in [3.05, 3.63) is 0 Å². The fourth-order valence-corrected chi connectivity index (χ4v) is 2.37. The van der Waals surface area contributed by atoms with Gasteiger partial charge >= 0.3 is 0 Å². The summed E-state index contributed by atoms with van der Waals surface area (Å²) in [7, 11) is 0. The fourth-order valence-electron chi connectivity index (χ4n) is 2.37. The average molecular weight is 591 g/mol. The molecule has 0 aliphatic carbocycles. The fraction of sp³-hybridized carbons (Fsp3) is 0.939. The van der Waals surface area contributed by atoms with Crippen LogP contribution in [0.25, 0.3) is 0 Å². The van der Waals surface area contributed by atoms with Gasteiger partial charge in [-0.05, 0) is 151 Å². The van der Waals surface area contributed by atoms with Gasteiger partial charge in [-0.25, -0.2) is 39.1 Å². The van der Waals surface area contributed by atoms with Gasteiger partial charge in [0.1, 0.15) is 5.60 Å². The van der Waals surface area contributed by atoms with Gasteiger partial charge in [0, 0.05) is 0 Å². The second-order valence-corrected chi connectivity index (χ2v) is 16.9. The smallest absolute Gasteiger partial charge is 0.158 e. The third kappa shape index (κ3) is 26.6. The molecular formula is C33H66O8. The van der Waals surface area contributed by atoms with Crippen molar-refractivity contribution < 1.29 is 39.1 Å². The number of rotatable bonds is 11. The third-order valence-electron chi connectivity index (χ3n) is 4.67. The quantitative estimate of drug-likeness (QED) is 0.134. The van der Waals surface area contributed by atoms with Gasteiger partial charge in [0.05, 0.1) is 28.0 Å². The van der Waals surface area contributed by atoms with Crippen LogP contribution in [-0.2, 0) is 39.1 Å². The lowest BCUT2D eigenvalue weighted by atomic mass is 9.84. The van der Waals surface area contributed by atoms with Crippen molar-refractivity contribution in [3.63, 3.8) is 0 Å². The molecule has 0 radical (unpaired) electrons. The first-order valence-corrected chi connectivity index (χ1v) is 14.7. The molecule has 1 atom stereocenters. The maximum absolute atomic E-state index is 5.65.